The van der Waals surface area contributed by atoms with E-state index in [4.69, 9.17) is 0 Å². The Morgan fingerprint density at radius 3 is 2.18 bits per heavy atom. The molecule has 5 atom stereocenters. The van der Waals surface area contributed by atoms with E-state index in [0.717, 1.165) is 36.3 Å². The fraction of sp³-hybridized carbons (Fsp3) is 1.00. The molecule has 0 aromatic carbocycles. The van der Waals surface area contributed by atoms with Crippen LogP contribution in [0.4, 0.5) is 0 Å². The molecule has 0 amide bonds. The van der Waals surface area contributed by atoms with Crippen LogP contribution < -0.4 is 5.32 Å². The lowest BCUT2D eigenvalue weighted by atomic mass is 9.74. The van der Waals surface area contributed by atoms with Crippen LogP contribution in [0.2, 0.25) is 0 Å². The molecule has 0 aromatic heterocycles. The van der Waals surface area contributed by atoms with Gasteiger partial charge in [-0.15, -0.1) is 0 Å². The Morgan fingerprint density at radius 2 is 1.59 bits per heavy atom. The summed E-state index contributed by atoms with van der Waals surface area (Å²) in [5, 5.41) is 3.84. The Labute approximate surface area is 108 Å². The summed E-state index contributed by atoms with van der Waals surface area (Å²) in [6.45, 7) is 8.32. The van der Waals surface area contributed by atoms with E-state index < -0.39 is 0 Å². The molecule has 0 heterocycles. The molecule has 0 aliphatic heterocycles. The second kappa shape index (κ2) is 6.22. The summed E-state index contributed by atoms with van der Waals surface area (Å²) in [6.07, 6.45) is 10.3. The van der Waals surface area contributed by atoms with Gasteiger partial charge >= 0.3 is 0 Å². The predicted molar refractivity (Wildman–Crippen MR) is 75.1 cm³/mol. The van der Waals surface area contributed by atoms with Gasteiger partial charge in [-0.05, 0) is 55.9 Å². The number of hydrogen-bond donors (Lipinski definition) is 1. The van der Waals surface area contributed by atoms with E-state index in [0.29, 0.717) is 0 Å². The van der Waals surface area contributed by atoms with E-state index in [1.807, 2.05) is 0 Å². The van der Waals surface area contributed by atoms with Crippen molar-refractivity contribution in [2.24, 2.45) is 23.7 Å². The molecule has 5 unspecified atom stereocenters. The highest BCUT2D eigenvalue weighted by Crippen LogP contribution is 2.40. The van der Waals surface area contributed by atoms with Crippen LogP contribution in [0.3, 0.4) is 0 Å². The van der Waals surface area contributed by atoms with Gasteiger partial charge in [-0.25, -0.2) is 0 Å². The van der Waals surface area contributed by atoms with E-state index in [1.54, 1.807) is 0 Å². The van der Waals surface area contributed by atoms with Gasteiger partial charge in [0.15, 0.2) is 0 Å². The standard InChI is InChI=1S/C16H31N/c1-4-17-16(15-9-8-13(3)11-15)14-7-5-6-12(2)10-14/h12-17H,4-11H2,1-3H3. The molecule has 2 aliphatic carbocycles. The third-order valence-corrected chi connectivity index (χ3v) is 5.17. The maximum atomic E-state index is 3.84. The molecule has 2 rings (SSSR count). The summed E-state index contributed by atoms with van der Waals surface area (Å²) in [4.78, 5) is 0. The van der Waals surface area contributed by atoms with Gasteiger partial charge in [0.25, 0.3) is 0 Å². The first-order valence-corrected chi connectivity index (χ1v) is 7.94. The molecule has 1 N–H and O–H groups in total. The summed E-state index contributed by atoms with van der Waals surface area (Å²) in [5.74, 6) is 3.88. The highest BCUT2D eigenvalue weighted by atomic mass is 14.9. The second-order valence-corrected chi connectivity index (χ2v) is 6.79. The van der Waals surface area contributed by atoms with Gasteiger partial charge in [-0.2, -0.15) is 0 Å². The fourth-order valence-corrected chi connectivity index (χ4v) is 4.34. The van der Waals surface area contributed by atoms with Crippen LogP contribution in [-0.4, -0.2) is 12.6 Å². The molecular formula is C16H31N. The third-order valence-electron chi connectivity index (χ3n) is 5.17. The van der Waals surface area contributed by atoms with Gasteiger partial charge in [0, 0.05) is 6.04 Å². The zero-order valence-electron chi connectivity index (χ0n) is 12.0. The lowest BCUT2D eigenvalue weighted by Gasteiger charge is -2.37. The zero-order chi connectivity index (χ0) is 12.3. The molecule has 0 radical (unpaired) electrons. The smallest absolute Gasteiger partial charge is 0.0124 e. The average molecular weight is 237 g/mol. The topological polar surface area (TPSA) is 12.0 Å². The summed E-state index contributed by atoms with van der Waals surface area (Å²) < 4.78 is 0. The molecule has 100 valence electrons. The SMILES string of the molecule is CCNC(C1CCCC(C)C1)C1CCC(C)C1. The summed E-state index contributed by atoms with van der Waals surface area (Å²) in [5.41, 5.74) is 0. The first-order valence-electron chi connectivity index (χ1n) is 7.94. The Balaban J connectivity index is 1.95. The van der Waals surface area contributed by atoms with Gasteiger partial charge in [0.2, 0.25) is 0 Å². The zero-order valence-corrected chi connectivity index (χ0v) is 12.0. The summed E-state index contributed by atoms with van der Waals surface area (Å²) >= 11 is 0. The van der Waals surface area contributed by atoms with Crippen molar-refractivity contribution in [3.05, 3.63) is 0 Å². The first kappa shape index (κ1) is 13.4. The Hall–Kier alpha value is -0.0400. The van der Waals surface area contributed by atoms with Crippen molar-refractivity contribution in [2.75, 3.05) is 6.54 Å². The van der Waals surface area contributed by atoms with Crippen molar-refractivity contribution in [1.82, 2.24) is 5.32 Å². The third kappa shape index (κ3) is 3.47. The van der Waals surface area contributed by atoms with E-state index in [1.165, 1.54) is 44.9 Å². The lowest BCUT2D eigenvalue weighted by molar-refractivity contribution is 0.177. The van der Waals surface area contributed by atoms with Gasteiger partial charge in [0.05, 0.1) is 0 Å². The number of rotatable bonds is 4. The molecule has 2 fully saturated rings. The van der Waals surface area contributed by atoms with Crippen LogP contribution in [0, 0.1) is 23.7 Å². The van der Waals surface area contributed by atoms with Crippen LogP contribution in [0.5, 0.6) is 0 Å². The van der Waals surface area contributed by atoms with Crippen molar-refractivity contribution < 1.29 is 0 Å². The fourth-order valence-electron chi connectivity index (χ4n) is 4.34. The van der Waals surface area contributed by atoms with Gasteiger partial charge in [0.1, 0.15) is 0 Å². The van der Waals surface area contributed by atoms with Crippen molar-refractivity contribution in [1.29, 1.82) is 0 Å². The highest BCUT2D eigenvalue weighted by molar-refractivity contribution is 4.89. The summed E-state index contributed by atoms with van der Waals surface area (Å²) in [6, 6.07) is 0.827. The minimum absolute atomic E-state index is 0.827. The highest BCUT2D eigenvalue weighted by Gasteiger charge is 2.34. The van der Waals surface area contributed by atoms with E-state index in [2.05, 4.69) is 26.1 Å². The molecule has 1 heteroatoms. The lowest BCUT2D eigenvalue weighted by Crippen LogP contribution is -2.43. The maximum Gasteiger partial charge on any atom is 0.0124 e. The second-order valence-electron chi connectivity index (χ2n) is 6.79. The largest absolute Gasteiger partial charge is 0.314 e. The predicted octanol–water partition coefficient (Wildman–Crippen LogP) is 4.23. The van der Waals surface area contributed by atoms with Crippen LogP contribution in [0.1, 0.15) is 65.7 Å². The van der Waals surface area contributed by atoms with Crippen molar-refractivity contribution in [3.8, 4) is 0 Å². The Bertz CT molecular complexity index is 226. The van der Waals surface area contributed by atoms with Gasteiger partial charge in [-0.1, -0.05) is 40.0 Å². The summed E-state index contributed by atoms with van der Waals surface area (Å²) in [7, 11) is 0. The Kier molecular flexibility index (Phi) is 4.90. The number of nitrogens with one attached hydrogen (secondary N) is 1. The van der Waals surface area contributed by atoms with E-state index in [-0.39, 0.29) is 0 Å². The van der Waals surface area contributed by atoms with Gasteiger partial charge in [-0.3, -0.25) is 0 Å². The van der Waals surface area contributed by atoms with Crippen molar-refractivity contribution in [2.45, 2.75) is 71.8 Å². The van der Waals surface area contributed by atoms with Crippen LogP contribution in [0.15, 0.2) is 0 Å². The average Bonchev–Trinajstić information content (AvgIpc) is 2.72. The molecule has 0 bridgehead atoms. The van der Waals surface area contributed by atoms with Crippen molar-refractivity contribution in [3.63, 3.8) is 0 Å². The molecule has 0 aromatic rings. The van der Waals surface area contributed by atoms with Crippen LogP contribution >= 0.6 is 0 Å². The molecule has 0 saturated heterocycles. The minimum Gasteiger partial charge on any atom is -0.314 e. The maximum absolute atomic E-state index is 3.84. The van der Waals surface area contributed by atoms with Crippen LogP contribution in [-0.2, 0) is 0 Å². The normalized spacial score (nSPS) is 40.4. The van der Waals surface area contributed by atoms with Crippen molar-refractivity contribution >= 4 is 0 Å². The Morgan fingerprint density at radius 1 is 0.941 bits per heavy atom. The van der Waals surface area contributed by atoms with E-state index >= 15 is 0 Å². The molecule has 17 heavy (non-hydrogen) atoms. The molecule has 2 saturated carbocycles. The van der Waals surface area contributed by atoms with E-state index in [9.17, 15) is 0 Å². The number of hydrogen-bond acceptors (Lipinski definition) is 1. The van der Waals surface area contributed by atoms with Gasteiger partial charge < -0.3 is 5.32 Å². The first-order chi connectivity index (χ1) is 8.20. The molecule has 1 nitrogen and oxygen atoms in total. The molecular weight excluding hydrogens is 206 g/mol. The van der Waals surface area contributed by atoms with Crippen LogP contribution in [0.25, 0.3) is 0 Å². The molecule has 0 spiro atoms. The molecule has 2 aliphatic rings. The minimum atomic E-state index is 0.827. The quantitative estimate of drug-likeness (QED) is 0.771. The monoisotopic (exact) mass is 237 g/mol.